The lowest BCUT2D eigenvalue weighted by Gasteiger charge is -2.38. The van der Waals surface area contributed by atoms with Gasteiger partial charge in [0, 0.05) is 26.4 Å². The number of nitrogens with zero attached hydrogens (tertiary/aromatic N) is 1. The first kappa shape index (κ1) is 12.5. The summed E-state index contributed by atoms with van der Waals surface area (Å²) < 4.78 is 5.42. The first-order valence-electron chi connectivity index (χ1n) is 5.23. The fourth-order valence-corrected chi connectivity index (χ4v) is 1.70. The van der Waals surface area contributed by atoms with Crippen molar-refractivity contribution in [3.63, 3.8) is 0 Å². The Morgan fingerprint density at radius 2 is 1.93 bits per heavy atom. The standard InChI is InChI=1S/C11H20NO3/c1-9(13)7-12(8-10(2)14)11(3)5-4-6-15-11/h4,6,9-10,13-14H,3,5,7-8H2,1-2H3. The Morgan fingerprint density at radius 3 is 2.27 bits per heavy atom. The topological polar surface area (TPSA) is 52.9 Å². The Hall–Kier alpha value is -0.580. The van der Waals surface area contributed by atoms with E-state index in [0.29, 0.717) is 19.5 Å². The van der Waals surface area contributed by atoms with Crippen molar-refractivity contribution in [2.75, 3.05) is 13.1 Å². The highest BCUT2D eigenvalue weighted by Gasteiger charge is 2.35. The molecule has 1 radical (unpaired) electrons. The van der Waals surface area contributed by atoms with E-state index in [2.05, 4.69) is 6.92 Å². The van der Waals surface area contributed by atoms with Gasteiger partial charge in [-0.05, 0) is 19.9 Å². The van der Waals surface area contributed by atoms with Crippen LogP contribution >= 0.6 is 0 Å². The highest BCUT2D eigenvalue weighted by atomic mass is 16.5. The molecule has 0 saturated carbocycles. The molecule has 3 atom stereocenters. The highest BCUT2D eigenvalue weighted by molar-refractivity contribution is 5.00. The van der Waals surface area contributed by atoms with Crippen LogP contribution in [0.4, 0.5) is 0 Å². The summed E-state index contributed by atoms with van der Waals surface area (Å²) in [5.41, 5.74) is -0.673. The van der Waals surface area contributed by atoms with E-state index in [4.69, 9.17) is 4.74 Å². The van der Waals surface area contributed by atoms with E-state index >= 15 is 0 Å². The van der Waals surface area contributed by atoms with Crippen LogP contribution in [0.5, 0.6) is 0 Å². The molecule has 4 nitrogen and oxygen atoms in total. The van der Waals surface area contributed by atoms with E-state index in [1.54, 1.807) is 20.1 Å². The first-order chi connectivity index (χ1) is 6.94. The summed E-state index contributed by atoms with van der Waals surface area (Å²) in [6.45, 7) is 8.29. The quantitative estimate of drug-likeness (QED) is 0.700. The van der Waals surface area contributed by atoms with Gasteiger partial charge in [0.15, 0.2) is 5.72 Å². The minimum Gasteiger partial charge on any atom is -0.480 e. The van der Waals surface area contributed by atoms with Gasteiger partial charge in [-0.2, -0.15) is 0 Å². The van der Waals surface area contributed by atoms with Crippen molar-refractivity contribution in [3.8, 4) is 0 Å². The Kier molecular flexibility index (Phi) is 4.13. The molecule has 3 unspecified atom stereocenters. The van der Waals surface area contributed by atoms with Crippen LogP contribution in [0.2, 0.25) is 0 Å². The Balaban J connectivity index is 2.62. The minimum atomic E-state index is -0.673. The van der Waals surface area contributed by atoms with Gasteiger partial charge in [-0.1, -0.05) is 0 Å². The van der Waals surface area contributed by atoms with Crippen molar-refractivity contribution in [3.05, 3.63) is 19.3 Å². The second kappa shape index (κ2) is 4.96. The van der Waals surface area contributed by atoms with Crippen LogP contribution in [-0.2, 0) is 4.74 Å². The molecule has 1 aliphatic heterocycles. The molecular weight excluding hydrogens is 194 g/mol. The second-order valence-electron chi connectivity index (χ2n) is 4.24. The summed E-state index contributed by atoms with van der Waals surface area (Å²) in [6.07, 6.45) is 3.25. The van der Waals surface area contributed by atoms with Crippen molar-refractivity contribution >= 4 is 0 Å². The molecule has 4 heteroatoms. The Labute approximate surface area is 91.2 Å². The molecule has 0 aromatic carbocycles. The average molecular weight is 214 g/mol. The summed E-state index contributed by atoms with van der Waals surface area (Å²) in [5, 5.41) is 18.8. The molecule has 0 aromatic rings. The predicted octanol–water partition coefficient (Wildman–Crippen LogP) is 0.514. The van der Waals surface area contributed by atoms with E-state index in [1.165, 1.54) is 0 Å². The zero-order valence-electron chi connectivity index (χ0n) is 9.39. The Bertz CT molecular complexity index is 208. The fraction of sp³-hybridized carbons (Fsp3) is 0.727. The first-order valence-corrected chi connectivity index (χ1v) is 5.23. The van der Waals surface area contributed by atoms with Gasteiger partial charge in [-0.15, -0.1) is 0 Å². The lowest BCUT2D eigenvalue weighted by Crippen LogP contribution is -2.51. The van der Waals surface area contributed by atoms with Gasteiger partial charge in [0.05, 0.1) is 18.5 Å². The summed E-state index contributed by atoms with van der Waals surface area (Å²) in [4.78, 5) is 1.86. The lowest BCUT2D eigenvalue weighted by atomic mass is 10.1. The normalized spacial score (nSPS) is 29.2. The van der Waals surface area contributed by atoms with E-state index in [0.717, 1.165) is 0 Å². The van der Waals surface area contributed by atoms with Crippen molar-refractivity contribution in [1.82, 2.24) is 4.90 Å². The monoisotopic (exact) mass is 214 g/mol. The molecule has 0 amide bonds. The molecule has 2 N–H and O–H groups in total. The number of aliphatic hydroxyl groups is 2. The summed E-state index contributed by atoms with van der Waals surface area (Å²) in [6, 6.07) is 0. The summed E-state index contributed by atoms with van der Waals surface area (Å²) in [5.74, 6) is 0. The maximum atomic E-state index is 9.38. The summed E-state index contributed by atoms with van der Waals surface area (Å²) in [7, 11) is 0. The lowest BCUT2D eigenvalue weighted by molar-refractivity contribution is -0.0918. The maximum Gasteiger partial charge on any atom is 0.166 e. The number of hydrogen-bond acceptors (Lipinski definition) is 4. The Morgan fingerprint density at radius 1 is 1.40 bits per heavy atom. The number of aliphatic hydroxyl groups excluding tert-OH is 2. The van der Waals surface area contributed by atoms with Gasteiger partial charge < -0.3 is 14.9 Å². The van der Waals surface area contributed by atoms with E-state index < -0.39 is 17.9 Å². The molecule has 15 heavy (non-hydrogen) atoms. The molecule has 0 aromatic heterocycles. The summed E-state index contributed by atoms with van der Waals surface area (Å²) >= 11 is 0. The second-order valence-corrected chi connectivity index (χ2v) is 4.24. The van der Waals surface area contributed by atoms with Crippen molar-refractivity contribution in [2.45, 2.75) is 38.2 Å². The van der Waals surface area contributed by atoms with Crippen LogP contribution in [0.3, 0.4) is 0 Å². The predicted molar refractivity (Wildman–Crippen MR) is 57.9 cm³/mol. The molecule has 0 bridgehead atoms. The molecule has 0 saturated heterocycles. The number of hydrogen-bond donors (Lipinski definition) is 2. The van der Waals surface area contributed by atoms with Crippen molar-refractivity contribution in [2.24, 2.45) is 0 Å². The zero-order valence-corrected chi connectivity index (χ0v) is 9.39. The fourth-order valence-electron chi connectivity index (χ4n) is 1.70. The van der Waals surface area contributed by atoms with Crippen molar-refractivity contribution < 1.29 is 14.9 Å². The molecule has 0 aliphatic carbocycles. The van der Waals surface area contributed by atoms with E-state index in [-0.39, 0.29) is 0 Å². The third-order valence-electron chi connectivity index (χ3n) is 2.37. The van der Waals surface area contributed by atoms with Crippen LogP contribution < -0.4 is 0 Å². The molecule has 0 spiro atoms. The van der Waals surface area contributed by atoms with Gasteiger partial charge in [0.2, 0.25) is 0 Å². The highest BCUT2D eigenvalue weighted by Crippen LogP contribution is 2.27. The van der Waals surface area contributed by atoms with Crippen molar-refractivity contribution in [1.29, 1.82) is 0 Å². The number of ether oxygens (including phenoxy) is 1. The van der Waals surface area contributed by atoms with E-state index in [1.807, 2.05) is 11.0 Å². The van der Waals surface area contributed by atoms with E-state index in [9.17, 15) is 10.2 Å². The smallest absolute Gasteiger partial charge is 0.166 e. The van der Waals surface area contributed by atoms with Gasteiger partial charge in [0.1, 0.15) is 0 Å². The van der Waals surface area contributed by atoms with Crippen LogP contribution in [0.1, 0.15) is 20.3 Å². The zero-order chi connectivity index (χ0) is 11.5. The molecule has 1 heterocycles. The molecule has 0 fully saturated rings. The molecule has 87 valence electrons. The number of rotatable bonds is 5. The van der Waals surface area contributed by atoms with Gasteiger partial charge in [-0.3, -0.25) is 4.90 Å². The molecule has 1 aliphatic rings. The SMILES string of the molecule is [CH2]C1(N(CC(C)O)CC(C)O)CC=CO1. The van der Waals surface area contributed by atoms with Gasteiger partial charge in [0.25, 0.3) is 0 Å². The minimum absolute atomic E-state index is 0.441. The van der Waals surface area contributed by atoms with Crippen LogP contribution in [0.15, 0.2) is 12.3 Å². The third kappa shape index (κ3) is 3.48. The third-order valence-corrected chi connectivity index (χ3v) is 2.37. The molecular formula is C11H20NO3. The van der Waals surface area contributed by atoms with Gasteiger partial charge in [-0.25, -0.2) is 0 Å². The van der Waals surface area contributed by atoms with Crippen LogP contribution in [-0.4, -0.2) is 46.1 Å². The largest absolute Gasteiger partial charge is 0.480 e. The molecule has 1 rings (SSSR count). The average Bonchev–Trinajstić information content (AvgIpc) is 2.50. The van der Waals surface area contributed by atoms with Crippen LogP contribution in [0, 0.1) is 6.92 Å². The maximum absolute atomic E-state index is 9.38. The van der Waals surface area contributed by atoms with Gasteiger partial charge >= 0.3 is 0 Å². The van der Waals surface area contributed by atoms with Crippen LogP contribution in [0.25, 0.3) is 0 Å².